The minimum atomic E-state index is -0.525. The van der Waals surface area contributed by atoms with E-state index in [1.54, 1.807) is 6.92 Å². The fraction of sp³-hybridized carbons (Fsp3) is 0.600. The maximum atomic E-state index is 12.6. The molecule has 0 saturated heterocycles. The molecule has 0 aromatic carbocycles. The summed E-state index contributed by atoms with van der Waals surface area (Å²) in [6.45, 7) is 9.47. The second kappa shape index (κ2) is 7.16. The van der Waals surface area contributed by atoms with E-state index in [1.807, 2.05) is 13.8 Å². The molecule has 2 aliphatic rings. The summed E-state index contributed by atoms with van der Waals surface area (Å²) in [4.78, 5) is 24.7. The fourth-order valence-corrected chi connectivity index (χ4v) is 3.56. The molecular formula is C20H28O5. The first-order valence-corrected chi connectivity index (χ1v) is 8.66. The van der Waals surface area contributed by atoms with Crippen LogP contribution < -0.4 is 0 Å². The number of carbonyl (C=O) groups is 2. The highest BCUT2D eigenvalue weighted by atomic mass is 16.5. The van der Waals surface area contributed by atoms with Crippen LogP contribution in [0.2, 0.25) is 0 Å². The molecule has 5 heteroatoms. The Labute approximate surface area is 149 Å². The van der Waals surface area contributed by atoms with Crippen molar-refractivity contribution in [3.63, 3.8) is 0 Å². The second-order valence-corrected chi connectivity index (χ2v) is 7.84. The van der Waals surface area contributed by atoms with E-state index in [2.05, 4.69) is 19.9 Å². The first-order chi connectivity index (χ1) is 11.6. The zero-order valence-corrected chi connectivity index (χ0v) is 15.6. The molecule has 0 radical (unpaired) electrons. The summed E-state index contributed by atoms with van der Waals surface area (Å²) < 4.78 is 5.65. The molecule has 138 valence electrons. The molecule has 0 bridgehead atoms. The Morgan fingerprint density at radius 1 is 1.36 bits per heavy atom. The Bertz CT molecular complexity index is 662. The monoisotopic (exact) mass is 348 g/mol. The van der Waals surface area contributed by atoms with Crippen LogP contribution >= 0.6 is 0 Å². The van der Waals surface area contributed by atoms with Crippen LogP contribution in [0.25, 0.3) is 0 Å². The van der Waals surface area contributed by atoms with Gasteiger partial charge < -0.3 is 14.9 Å². The van der Waals surface area contributed by atoms with Crippen molar-refractivity contribution in [3.05, 3.63) is 34.6 Å². The molecule has 0 aromatic heterocycles. The van der Waals surface area contributed by atoms with E-state index in [-0.39, 0.29) is 47.6 Å². The molecule has 2 aliphatic carbocycles. The summed E-state index contributed by atoms with van der Waals surface area (Å²) in [5.41, 5.74) is 2.34. The smallest absolute Gasteiger partial charge is 0.310 e. The Morgan fingerprint density at radius 2 is 2.00 bits per heavy atom. The van der Waals surface area contributed by atoms with Gasteiger partial charge in [-0.05, 0) is 50.2 Å². The van der Waals surface area contributed by atoms with E-state index in [9.17, 15) is 14.7 Å². The van der Waals surface area contributed by atoms with Crippen LogP contribution in [-0.2, 0) is 14.3 Å². The Hall–Kier alpha value is -1.88. The van der Waals surface area contributed by atoms with E-state index in [0.717, 1.165) is 5.57 Å². The summed E-state index contributed by atoms with van der Waals surface area (Å²) in [5.74, 6) is -0.492. The van der Waals surface area contributed by atoms with Crippen LogP contribution in [0.5, 0.6) is 0 Å². The molecule has 0 spiro atoms. The molecule has 0 aliphatic heterocycles. The van der Waals surface area contributed by atoms with Gasteiger partial charge in [0.1, 0.15) is 11.9 Å². The maximum Gasteiger partial charge on any atom is 0.310 e. The highest BCUT2D eigenvalue weighted by molar-refractivity contribution is 6.00. The Kier molecular flexibility index (Phi) is 5.57. The number of rotatable bonds is 6. The molecule has 2 rings (SSSR count). The number of aliphatic hydroxyl groups excluding tert-OH is 2. The number of ether oxygens (including phenoxy) is 1. The van der Waals surface area contributed by atoms with Gasteiger partial charge in [-0.15, -0.1) is 0 Å². The molecule has 0 heterocycles. The molecular weight excluding hydrogens is 320 g/mol. The quantitative estimate of drug-likeness (QED) is 0.437. The largest absolute Gasteiger partial charge is 0.510 e. The predicted octanol–water partition coefficient (Wildman–Crippen LogP) is 3.25. The van der Waals surface area contributed by atoms with Gasteiger partial charge in [0.15, 0.2) is 5.78 Å². The number of ketones is 1. The summed E-state index contributed by atoms with van der Waals surface area (Å²) >= 11 is 0. The maximum absolute atomic E-state index is 12.6. The zero-order valence-electron chi connectivity index (χ0n) is 15.6. The topological polar surface area (TPSA) is 83.8 Å². The molecule has 25 heavy (non-hydrogen) atoms. The van der Waals surface area contributed by atoms with E-state index in [1.165, 1.54) is 11.6 Å². The molecule has 0 aromatic rings. The molecule has 5 nitrogen and oxygen atoms in total. The summed E-state index contributed by atoms with van der Waals surface area (Å²) in [7, 11) is 0. The molecule has 1 saturated carbocycles. The van der Waals surface area contributed by atoms with E-state index < -0.39 is 12.7 Å². The number of aliphatic hydroxyl groups is 2. The van der Waals surface area contributed by atoms with E-state index >= 15 is 0 Å². The summed E-state index contributed by atoms with van der Waals surface area (Å²) in [6.07, 6.45) is 3.39. The second-order valence-electron chi connectivity index (χ2n) is 7.84. The number of hydrogen-bond acceptors (Lipinski definition) is 5. The van der Waals surface area contributed by atoms with Gasteiger partial charge in [0.05, 0.1) is 18.9 Å². The van der Waals surface area contributed by atoms with Crippen LogP contribution in [-0.4, -0.2) is 34.7 Å². The molecule has 1 fully saturated rings. The lowest BCUT2D eigenvalue weighted by molar-refractivity contribution is -0.150. The first-order valence-electron chi connectivity index (χ1n) is 8.66. The van der Waals surface area contributed by atoms with Crippen molar-refractivity contribution in [2.24, 2.45) is 17.3 Å². The van der Waals surface area contributed by atoms with Gasteiger partial charge in [-0.1, -0.05) is 25.5 Å². The third-order valence-electron chi connectivity index (χ3n) is 5.31. The Balaban J connectivity index is 2.06. The fourth-order valence-electron chi connectivity index (χ4n) is 3.56. The molecule has 3 atom stereocenters. The number of hydrogen-bond donors (Lipinski definition) is 2. The lowest BCUT2D eigenvalue weighted by Gasteiger charge is -2.13. The third kappa shape index (κ3) is 4.03. The van der Waals surface area contributed by atoms with Gasteiger partial charge in [-0.2, -0.15) is 0 Å². The lowest BCUT2D eigenvalue weighted by atomic mass is 10.1. The van der Waals surface area contributed by atoms with Gasteiger partial charge in [0.2, 0.25) is 0 Å². The number of allylic oxidation sites excluding steroid dienone is 4. The van der Waals surface area contributed by atoms with Crippen molar-refractivity contribution in [1.29, 1.82) is 0 Å². The highest BCUT2D eigenvalue weighted by Gasteiger charge is 2.61. The van der Waals surface area contributed by atoms with E-state index in [4.69, 9.17) is 9.84 Å². The minimum Gasteiger partial charge on any atom is -0.510 e. The average Bonchev–Trinajstić information content (AvgIpc) is 2.93. The zero-order chi connectivity index (χ0) is 18.9. The predicted molar refractivity (Wildman–Crippen MR) is 94.8 cm³/mol. The number of Topliss-reactive ketones (excluding diaryl/α,β-unsaturated/α-hetero) is 1. The Morgan fingerprint density at radius 3 is 2.56 bits per heavy atom. The number of carbonyl (C=O) groups excluding carboxylic acids is 2. The van der Waals surface area contributed by atoms with Crippen LogP contribution in [0.1, 0.15) is 47.5 Å². The van der Waals surface area contributed by atoms with Crippen molar-refractivity contribution in [2.75, 3.05) is 6.61 Å². The van der Waals surface area contributed by atoms with Crippen molar-refractivity contribution < 1.29 is 24.5 Å². The van der Waals surface area contributed by atoms with Crippen LogP contribution in [0.3, 0.4) is 0 Å². The van der Waals surface area contributed by atoms with Crippen molar-refractivity contribution in [1.82, 2.24) is 0 Å². The summed E-state index contributed by atoms with van der Waals surface area (Å²) in [6, 6.07) is 0. The van der Waals surface area contributed by atoms with Crippen LogP contribution in [0.4, 0.5) is 0 Å². The van der Waals surface area contributed by atoms with Crippen molar-refractivity contribution in [3.8, 4) is 0 Å². The molecule has 0 unspecified atom stereocenters. The summed E-state index contributed by atoms with van der Waals surface area (Å²) in [5, 5.41) is 18.2. The first kappa shape index (κ1) is 19.4. The van der Waals surface area contributed by atoms with Crippen molar-refractivity contribution >= 4 is 11.8 Å². The van der Waals surface area contributed by atoms with E-state index in [0.29, 0.717) is 5.57 Å². The van der Waals surface area contributed by atoms with Crippen molar-refractivity contribution in [2.45, 2.75) is 53.6 Å². The van der Waals surface area contributed by atoms with Crippen LogP contribution in [0.15, 0.2) is 34.6 Å². The van der Waals surface area contributed by atoms with Gasteiger partial charge in [-0.25, -0.2) is 0 Å². The van der Waals surface area contributed by atoms with Gasteiger partial charge >= 0.3 is 5.97 Å². The number of esters is 1. The van der Waals surface area contributed by atoms with Gasteiger partial charge in [0.25, 0.3) is 0 Å². The van der Waals surface area contributed by atoms with Gasteiger partial charge in [-0.3, -0.25) is 9.59 Å². The standard InChI is InChI=1S/C20H28O5/c1-11(2)8-15-18(20(15,4)5)19(24)25-17-9-16(23)14(12(17)3)7-6-13(22)10-21/h6,8,15,17-18,21-22H,7,9-10H2,1-5H3/b13-6+/t15-,17+,18+/m1/s1. The highest BCUT2D eigenvalue weighted by Crippen LogP contribution is 2.60. The average molecular weight is 348 g/mol. The van der Waals surface area contributed by atoms with Gasteiger partial charge in [0, 0.05) is 5.57 Å². The minimum absolute atomic E-state index is 0.0757. The molecule has 2 N–H and O–H groups in total. The molecule has 0 amide bonds. The van der Waals surface area contributed by atoms with Crippen LogP contribution in [0, 0.1) is 17.3 Å². The normalized spacial score (nSPS) is 28.2. The SMILES string of the molecule is CC(C)=C[C@@H]1[C@@H](C(=O)O[C@H]2CC(=O)C(C/C=C(/O)CO)=C2C)C1(C)C. The third-order valence-corrected chi connectivity index (χ3v) is 5.31. The lowest BCUT2D eigenvalue weighted by Crippen LogP contribution is -2.20.